The first kappa shape index (κ1) is 19.2. The second kappa shape index (κ2) is 13.8. The number of hydrogen-bond donors (Lipinski definition) is 1. The minimum absolute atomic E-state index is 0.268. The summed E-state index contributed by atoms with van der Waals surface area (Å²) in [6.07, 6.45) is 19.3. The maximum Gasteiger partial charge on any atom is 0.122 e. The lowest BCUT2D eigenvalue weighted by molar-refractivity contribution is -0.108. The summed E-state index contributed by atoms with van der Waals surface area (Å²) >= 11 is 0. The van der Waals surface area contributed by atoms with E-state index in [9.17, 15) is 4.79 Å². The molecule has 1 aliphatic rings. The lowest BCUT2D eigenvalue weighted by Gasteiger charge is -2.08. The van der Waals surface area contributed by atoms with Crippen LogP contribution in [-0.2, 0) is 4.79 Å². The van der Waals surface area contributed by atoms with E-state index >= 15 is 0 Å². The highest BCUT2D eigenvalue weighted by molar-refractivity contribution is 5.84. The number of nitrogens with one attached hydrogen (secondary N) is 1. The minimum atomic E-state index is 0.268. The fourth-order valence-corrected chi connectivity index (χ4v) is 3.08. The quantitative estimate of drug-likeness (QED) is 0.340. The Morgan fingerprint density at radius 2 is 1.50 bits per heavy atom. The van der Waals surface area contributed by atoms with Crippen LogP contribution >= 0.6 is 0 Å². The van der Waals surface area contributed by atoms with Crippen LogP contribution in [0.2, 0.25) is 0 Å². The van der Waals surface area contributed by atoms with Gasteiger partial charge < -0.3 is 10.1 Å². The molecule has 0 aliphatic carbocycles. The van der Waals surface area contributed by atoms with Crippen molar-refractivity contribution < 1.29 is 4.79 Å². The summed E-state index contributed by atoms with van der Waals surface area (Å²) in [5.74, 6) is 1.12. The zero-order valence-electron chi connectivity index (χ0n) is 14.6. The van der Waals surface area contributed by atoms with E-state index in [4.69, 9.17) is 0 Å². The summed E-state index contributed by atoms with van der Waals surface area (Å²) < 4.78 is 0. The van der Waals surface area contributed by atoms with Crippen LogP contribution in [0.3, 0.4) is 0 Å². The number of aldehydes is 1. The number of hydrogen-bond acceptors (Lipinski definition) is 3. The van der Waals surface area contributed by atoms with Gasteiger partial charge in [0.1, 0.15) is 6.29 Å². The van der Waals surface area contributed by atoms with Gasteiger partial charge in [0.25, 0.3) is 0 Å². The van der Waals surface area contributed by atoms with Crippen LogP contribution in [0, 0.1) is 0 Å². The van der Waals surface area contributed by atoms with E-state index in [1.165, 1.54) is 77.0 Å². The molecule has 0 saturated heterocycles. The Labute approximate surface area is 137 Å². The predicted molar refractivity (Wildman–Crippen MR) is 95.6 cm³/mol. The van der Waals surface area contributed by atoms with Crippen molar-refractivity contribution in [1.82, 2.24) is 5.32 Å². The van der Waals surface area contributed by atoms with E-state index in [2.05, 4.69) is 17.2 Å². The maximum atomic E-state index is 10.4. The summed E-state index contributed by atoms with van der Waals surface area (Å²) in [6.45, 7) is 3.06. The SMILES string of the molecule is CCCCCCCCCCCCCCC1=NCC(CC=O)N1. The van der Waals surface area contributed by atoms with E-state index in [-0.39, 0.29) is 6.04 Å². The molecule has 0 fully saturated rings. The Morgan fingerprint density at radius 1 is 0.955 bits per heavy atom. The number of carbonyl (C=O) groups excluding carboxylic acids is 1. The molecule has 0 aromatic carbocycles. The van der Waals surface area contributed by atoms with Crippen LogP contribution in [0.15, 0.2) is 4.99 Å². The smallest absolute Gasteiger partial charge is 0.122 e. The second-order valence-electron chi connectivity index (χ2n) is 6.67. The zero-order valence-corrected chi connectivity index (χ0v) is 14.6. The number of carbonyl (C=O) groups is 1. The van der Waals surface area contributed by atoms with Crippen LogP contribution in [0.1, 0.15) is 96.8 Å². The number of nitrogens with zero attached hydrogens (tertiary/aromatic N) is 1. The molecule has 1 N–H and O–H groups in total. The highest BCUT2D eigenvalue weighted by Crippen LogP contribution is 2.13. The van der Waals surface area contributed by atoms with E-state index < -0.39 is 0 Å². The van der Waals surface area contributed by atoms with Gasteiger partial charge in [-0.05, 0) is 6.42 Å². The number of unbranched alkanes of at least 4 members (excludes halogenated alkanes) is 11. The van der Waals surface area contributed by atoms with Gasteiger partial charge in [0.2, 0.25) is 0 Å². The van der Waals surface area contributed by atoms with Crippen LogP contribution in [0.5, 0.6) is 0 Å². The first-order valence-electron chi connectivity index (χ1n) is 9.60. The third-order valence-corrected chi connectivity index (χ3v) is 4.52. The fourth-order valence-electron chi connectivity index (χ4n) is 3.08. The first-order valence-corrected chi connectivity index (χ1v) is 9.60. The van der Waals surface area contributed by atoms with Crippen molar-refractivity contribution in [3.8, 4) is 0 Å². The summed E-state index contributed by atoms with van der Waals surface area (Å²) in [5, 5.41) is 3.35. The Morgan fingerprint density at radius 3 is 2.05 bits per heavy atom. The molecule has 0 bridgehead atoms. The third kappa shape index (κ3) is 9.97. The Bertz CT molecular complexity index is 302. The maximum absolute atomic E-state index is 10.4. The number of aliphatic imine (C=N–C) groups is 1. The van der Waals surface area contributed by atoms with Gasteiger partial charge in [-0.3, -0.25) is 4.99 Å². The van der Waals surface area contributed by atoms with Crippen molar-refractivity contribution in [3.63, 3.8) is 0 Å². The number of amidine groups is 1. The molecule has 1 unspecified atom stereocenters. The van der Waals surface area contributed by atoms with Gasteiger partial charge in [-0.2, -0.15) is 0 Å². The summed E-state index contributed by atoms with van der Waals surface area (Å²) in [6, 6.07) is 0.268. The predicted octanol–water partition coefficient (Wildman–Crippen LogP) is 5.04. The van der Waals surface area contributed by atoms with Gasteiger partial charge in [0.15, 0.2) is 0 Å². The molecule has 0 aromatic heterocycles. The van der Waals surface area contributed by atoms with Crippen molar-refractivity contribution >= 4 is 12.1 Å². The van der Waals surface area contributed by atoms with Gasteiger partial charge in [0.05, 0.1) is 18.4 Å². The molecule has 1 heterocycles. The first-order chi connectivity index (χ1) is 10.9. The van der Waals surface area contributed by atoms with Crippen molar-refractivity contribution in [3.05, 3.63) is 0 Å². The van der Waals surface area contributed by atoms with Gasteiger partial charge >= 0.3 is 0 Å². The molecule has 22 heavy (non-hydrogen) atoms. The van der Waals surface area contributed by atoms with E-state index in [1.807, 2.05) is 0 Å². The molecule has 0 aromatic rings. The summed E-state index contributed by atoms with van der Waals surface area (Å²) in [5.41, 5.74) is 0. The van der Waals surface area contributed by atoms with Gasteiger partial charge in [-0.15, -0.1) is 0 Å². The Kier molecular flexibility index (Phi) is 12.0. The minimum Gasteiger partial charge on any atom is -0.369 e. The normalized spacial score (nSPS) is 17.3. The van der Waals surface area contributed by atoms with Crippen molar-refractivity contribution in [2.75, 3.05) is 6.54 Å². The number of rotatable bonds is 15. The van der Waals surface area contributed by atoms with Crippen molar-refractivity contribution in [2.24, 2.45) is 4.99 Å². The molecule has 0 amide bonds. The molecular weight excluding hydrogens is 272 g/mol. The molecule has 3 nitrogen and oxygen atoms in total. The summed E-state index contributed by atoms with van der Waals surface area (Å²) in [4.78, 5) is 14.9. The largest absolute Gasteiger partial charge is 0.369 e. The topological polar surface area (TPSA) is 41.5 Å². The highest BCUT2D eigenvalue weighted by Gasteiger charge is 2.15. The lowest BCUT2D eigenvalue weighted by atomic mass is 10.0. The average Bonchev–Trinajstić information content (AvgIpc) is 2.96. The van der Waals surface area contributed by atoms with Gasteiger partial charge in [0, 0.05) is 12.8 Å². The monoisotopic (exact) mass is 308 g/mol. The van der Waals surface area contributed by atoms with E-state index in [1.54, 1.807) is 0 Å². The van der Waals surface area contributed by atoms with E-state index in [0.29, 0.717) is 6.42 Å². The van der Waals surface area contributed by atoms with Crippen LogP contribution in [0.4, 0.5) is 0 Å². The fraction of sp³-hybridized carbons (Fsp3) is 0.895. The lowest BCUT2D eigenvalue weighted by Crippen LogP contribution is -2.30. The Hall–Kier alpha value is -0.860. The van der Waals surface area contributed by atoms with Crippen molar-refractivity contribution in [1.29, 1.82) is 0 Å². The standard InChI is InChI=1S/C19H36N2O/c1-2-3-4-5-6-7-8-9-10-11-12-13-14-19-20-17-18(21-19)15-16-22/h16,18H,2-15,17H2,1H3,(H,20,21). The Balaban J connectivity index is 1.78. The molecular formula is C19H36N2O. The molecule has 1 atom stereocenters. The second-order valence-corrected chi connectivity index (χ2v) is 6.67. The van der Waals surface area contributed by atoms with Gasteiger partial charge in [-0.25, -0.2) is 0 Å². The van der Waals surface area contributed by atoms with Crippen molar-refractivity contribution in [2.45, 2.75) is 103 Å². The van der Waals surface area contributed by atoms with Crippen LogP contribution < -0.4 is 5.32 Å². The molecule has 0 spiro atoms. The third-order valence-electron chi connectivity index (χ3n) is 4.52. The van der Waals surface area contributed by atoms with Gasteiger partial charge in [-0.1, -0.05) is 77.6 Å². The molecule has 1 aliphatic heterocycles. The molecule has 0 radical (unpaired) electrons. The van der Waals surface area contributed by atoms with Crippen LogP contribution in [-0.4, -0.2) is 24.7 Å². The molecule has 128 valence electrons. The molecule has 1 rings (SSSR count). The molecule has 3 heteroatoms. The average molecular weight is 309 g/mol. The zero-order chi connectivity index (χ0) is 15.9. The highest BCUT2D eigenvalue weighted by atomic mass is 16.1. The van der Waals surface area contributed by atoms with Crippen LogP contribution in [0.25, 0.3) is 0 Å². The van der Waals surface area contributed by atoms with E-state index in [0.717, 1.165) is 25.1 Å². The summed E-state index contributed by atoms with van der Waals surface area (Å²) in [7, 11) is 0. The molecule has 0 saturated carbocycles.